The fraction of sp³-hybridized carbons (Fsp3) is 0.167. The lowest BCUT2D eigenvalue weighted by atomic mass is 10.0. The smallest absolute Gasteiger partial charge is 0.497 e. The fourth-order valence-corrected chi connectivity index (χ4v) is 3.31. The third kappa shape index (κ3) is 5.27. The molecule has 2 unspecified atom stereocenters. The molecule has 0 aromatic heterocycles. The van der Waals surface area contributed by atoms with Gasteiger partial charge in [-0.15, -0.1) is 0 Å². The summed E-state index contributed by atoms with van der Waals surface area (Å²) >= 11 is 0. The van der Waals surface area contributed by atoms with Crippen molar-refractivity contribution in [2.75, 3.05) is 13.7 Å². The maximum atomic E-state index is 12.4. The molecule has 1 aliphatic rings. The van der Waals surface area contributed by atoms with Gasteiger partial charge in [0.2, 0.25) is 5.90 Å². The molecule has 4 rings (SSSR count). The molecule has 1 heterocycles. The number of carbonyl (C=O) groups is 1. The van der Waals surface area contributed by atoms with Crippen molar-refractivity contribution in [1.29, 1.82) is 0 Å². The first-order valence-corrected chi connectivity index (χ1v) is 10.1. The molecule has 0 aliphatic carbocycles. The molecule has 0 bridgehead atoms. The number of nitrogens with zero attached hydrogens (tertiary/aromatic N) is 2. The molecule has 1 aliphatic heterocycles. The summed E-state index contributed by atoms with van der Waals surface area (Å²) in [5.41, 5.74) is 1.50. The van der Waals surface area contributed by atoms with Crippen molar-refractivity contribution >= 4 is 17.7 Å². The van der Waals surface area contributed by atoms with Crippen LogP contribution in [0.1, 0.15) is 17.2 Å². The molecule has 2 atom stereocenters. The van der Waals surface area contributed by atoms with Gasteiger partial charge in [-0.2, -0.15) is 0 Å². The second-order valence-corrected chi connectivity index (χ2v) is 7.09. The summed E-state index contributed by atoms with van der Waals surface area (Å²) in [6, 6.07) is 21.3. The largest absolute Gasteiger partial charge is 0.514 e. The minimum absolute atomic E-state index is 0.0692. The minimum atomic E-state index is -0.957. The molecule has 3 aromatic carbocycles. The van der Waals surface area contributed by atoms with Gasteiger partial charge >= 0.3 is 6.16 Å². The van der Waals surface area contributed by atoms with Crippen LogP contribution in [-0.2, 0) is 9.47 Å². The molecule has 0 fully saturated rings. The average Bonchev–Trinajstić information content (AvgIpc) is 2.85. The van der Waals surface area contributed by atoms with E-state index >= 15 is 0 Å². The van der Waals surface area contributed by atoms with Crippen molar-refractivity contribution in [2.24, 2.45) is 4.99 Å². The van der Waals surface area contributed by atoms with Gasteiger partial charge in [-0.05, 0) is 42.0 Å². The zero-order valence-corrected chi connectivity index (χ0v) is 17.6. The molecule has 0 spiro atoms. The van der Waals surface area contributed by atoms with Crippen LogP contribution in [0.15, 0.2) is 83.9 Å². The molecular formula is C24H20N2O7. The van der Waals surface area contributed by atoms with Crippen LogP contribution >= 0.6 is 0 Å². The van der Waals surface area contributed by atoms with Crippen LogP contribution in [0.2, 0.25) is 0 Å². The predicted octanol–water partition coefficient (Wildman–Crippen LogP) is 4.71. The Kier molecular flexibility index (Phi) is 6.49. The van der Waals surface area contributed by atoms with Crippen LogP contribution in [0.3, 0.4) is 0 Å². The van der Waals surface area contributed by atoms with Gasteiger partial charge in [0.15, 0.2) is 6.10 Å². The van der Waals surface area contributed by atoms with E-state index in [9.17, 15) is 14.9 Å². The van der Waals surface area contributed by atoms with E-state index < -0.39 is 23.2 Å². The lowest BCUT2D eigenvalue weighted by Gasteiger charge is -2.29. The lowest BCUT2D eigenvalue weighted by molar-refractivity contribution is -0.384. The van der Waals surface area contributed by atoms with E-state index in [1.807, 2.05) is 54.6 Å². The van der Waals surface area contributed by atoms with E-state index in [0.29, 0.717) is 11.6 Å². The molecule has 0 saturated carbocycles. The van der Waals surface area contributed by atoms with Crippen molar-refractivity contribution in [3.63, 3.8) is 0 Å². The van der Waals surface area contributed by atoms with Crippen LogP contribution in [0.4, 0.5) is 10.5 Å². The highest BCUT2D eigenvalue weighted by Crippen LogP contribution is 2.30. The first kappa shape index (κ1) is 21.8. The number of non-ortho nitro benzene ring substituents is 1. The summed E-state index contributed by atoms with van der Waals surface area (Å²) in [7, 11) is 1.59. The van der Waals surface area contributed by atoms with E-state index in [-0.39, 0.29) is 18.0 Å². The zero-order valence-electron chi connectivity index (χ0n) is 17.6. The topological polar surface area (TPSA) is 109 Å². The first-order valence-electron chi connectivity index (χ1n) is 10.1. The van der Waals surface area contributed by atoms with Gasteiger partial charge in [-0.1, -0.05) is 30.3 Å². The number of carbonyl (C=O) groups excluding carboxylic acids is 1. The van der Waals surface area contributed by atoms with E-state index in [1.165, 1.54) is 24.3 Å². The third-order valence-electron chi connectivity index (χ3n) is 4.97. The molecule has 0 radical (unpaired) electrons. The highest BCUT2D eigenvalue weighted by molar-refractivity contribution is 5.94. The number of nitro benzene ring substituents is 1. The summed E-state index contributed by atoms with van der Waals surface area (Å²) in [5, 5.41) is 10.8. The van der Waals surface area contributed by atoms with Crippen molar-refractivity contribution < 1.29 is 28.7 Å². The van der Waals surface area contributed by atoms with Gasteiger partial charge < -0.3 is 18.9 Å². The number of nitro groups is 1. The Labute approximate surface area is 189 Å². The molecule has 33 heavy (non-hydrogen) atoms. The quantitative estimate of drug-likeness (QED) is 0.233. The maximum absolute atomic E-state index is 12.4. The number of hydrogen-bond acceptors (Lipinski definition) is 8. The standard InChI is InChI=1S/C24H20N2O7/c1-30-19-11-7-17(8-12-19)23-25-22(16-5-3-2-4-6-16)21(15-31-23)33-24(27)32-20-13-9-18(10-14-20)26(28)29/h2-14,21-22H,15H2,1H3. The predicted molar refractivity (Wildman–Crippen MR) is 119 cm³/mol. The van der Waals surface area contributed by atoms with Crippen LogP contribution in [0.5, 0.6) is 11.5 Å². The zero-order chi connectivity index (χ0) is 23.2. The Hall–Kier alpha value is -4.40. The van der Waals surface area contributed by atoms with Gasteiger partial charge in [0.1, 0.15) is 24.1 Å². The number of hydrogen-bond donors (Lipinski definition) is 0. The SMILES string of the molecule is COc1ccc(C2=NC(c3ccccc3)C(OC(=O)Oc3ccc([N+](=O)[O-])cc3)CO2)cc1. The van der Waals surface area contributed by atoms with Gasteiger partial charge in [-0.3, -0.25) is 10.1 Å². The second-order valence-electron chi connectivity index (χ2n) is 7.09. The van der Waals surface area contributed by atoms with Gasteiger partial charge in [0, 0.05) is 17.7 Å². The van der Waals surface area contributed by atoms with E-state index in [4.69, 9.17) is 23.9 Å². The molecule has 3 aromatic rings. The summed E-state index contributed by atoms with van der Waals surface area (Å²) in [6.07, 6.45) is -1.69. The molecule has 0 amide bonds. The van der Waals surface area contributed by atoms with E-state index in [2.05, 4.69) is 0 Å². The Morgan fingerprint density at radius 3 is 2.30 bits per heavy atom. The van der Waals surface area contributed by atoms with Crippen molar-refractivity contribution in [1.82, 2.24) is 0 Å². The highest BCUT2D eigenvalue weighted by Gasteiger charge is 2.33. The molecule has 9 heteroatoms. The van der Waals surface area contributed by atoms with Gasteiger partial charge in [-0.25, -0.2) is 9.79 Å². The number of methoxy groups -OCH3 is 1. The Bertz CT molecular complexity index is 1150. The highest BCUT2D eigenvalue weighted by atomic mass is 16.7. The molecule has 0 N–H and O–H groups in total. The summed E-state index contributed by atoms with van der Waals surface area (Å²) < 4.78 is 21.7. The Morgan fingerprint density at radius 2 is 1.67 bits per heavy atom. The van der Waals surface area contributed by atoms with Crippen LogP contribution in [-0.4, -0.2) is 36.8 Å². The number of aliphatic imine (C=N–C) groups is 1. The minimum Gasteiger partial charge on any atom is -0.497 e. The maximum Gasteiger partial charge on any atom is 0.514 e. The van der Waals surface area contributed by atoms with E-state index in [1.54, 1.807) is 7.11 Å². The fourth-order valence-electron chi connectivity index (χ4n) is 3.31. The van der Waals surface area contributed by atoms with E-state index in [0.717, 1.165) is 11.1 Å². The van der Waals surface area contributed by atoms with Crippen LogP contribution in [0.25, 0.3) is 0 Å². The van der Waals surface area contributed by atoms with Crippen molar-refractivity contribution in [3.05, 3.63) is 100 Å². The van der Waals surface area contributed by atoms with Crippen molar-refractivity contribution in [3.8, 4) is 11.5 Å². The van der Waals surface area contributed by atoms with Gasteiger partial charge in [0.05, 0.1) is 12.0 Å². The number of ether oxygens (including phenoxy) is 4. The number of benzene rings is 3. The monoisotopic (exact) mass is 448 g/mol. The molecular weight excluding hydrogens is 428 g/mol. The van der Waals surface area contributed by atoms with Crippen LogP contribution < -0.4 is 9.47 Å². The molecule has 168 valence electrons. The molecule has 0 saturated heterocycles. The van der Waals surface area contributed by atoms with Gasteiger partial charge in [0.25, 0.3) is 5.69 Å². The average molecular weight is 448 g/mol. The normalized spacial score (nSPS) is 17.3. The summed E-state index contributed by atoms with van der Waals surface area (Å²) in [6.45, 7) is 0.0692. The second kappa shape index (κ2) is 9.82. The Balaban J connectivity index is 1.52. The third-order valence-corrected chi connectivity index (χ3v) is 4.97. The van der Waals surface area contributed by atoms with Crippen LogP contribution in [0, 0.1) is 10.1 Å². The first-order chi connectivity index (χ1) is 16.0. The Morgan fingerprint density at radius 1 is 1.00 bits per heavy atom. The summed E-state index contributed by atoms with van der Waals surface area (Å²) in [5.74, 6) is 1.26. The number of rotatable bonds is 6. The van der Waals surface area contributed by atoms with Crippen molar-refractivity contribution in [2.45, 2.75) is 12.1 Å². The summed E-state index contributed by atoms with van der Waals surface area (Å²) in [4.78, 5) is 27.3. The molecule has 9 nitrogen and oxygen atoms in total. The lowest BCUT2D eigenvalue weighted by Crippen LogP contribution is -2.36.